The van der Waals surface area contributed by atoms with E-state index in [0.29, 0.717) is 12.8 Å². The van der Waals surface area contributed by atoms with Crippen LogP contribution in [0.2, 0.25) is 0 Å². The number of aliphatic carboxylic acids is 2. The Bertz CT molecular complexity index is 233. The topological polar surface area (TPSA) is 80.3 Å². The van der Waals surface area contributed by atoms with Gasteiger partial charge >= 0.3 is 70.2 Å². The zero-order valence-corrected chi connectivity index (χ0v) is 15.9. The maximum Gasteiger partial charge on any atom is 1.00 e. The molecule has 0 radical (unpaired) electrons. The van der Waals surface area contributed by atoms with Crippen molar-refractivity contribution in [1.29, 1.82) is 0 Å². The predicted octanol–water partition coefficient (Wildman–Crippen LogP) is -5.36. The average molecular weight is 288 g/mol. The summed E-state index contributed by atoms with van der Waals surface area (Å²) >= 11 is 0. The standard InChI is InChI=1S/C13H24O4.K.Li/c1-3-5-7-9-13(11(14)15,12(16)17)10-8-6-4-2;;/h3-10H2,1-2H3,(H,14,15)(H,16,17);;/q;2*+1/p-2. The van der Waals surface area contributed by atoms with Crippen molar-refractivity contribution in [3.63, 3.8) is 0 Å². The van der Waals surface area contributed by atoms with E-state index in [2.05, 4.69) is 0 Å². The minimum absolute atomic E-state index is 0. The first-order chi connectivity index (χ1) is 8.01. The third-order valence-electron chi connectivity index (χ3n) is 3.20. The van der Waals surface area contributed by atoms with Crippen molar-refractivity contribution >= 4 is 11.9 Å². The van der Waals surface area contributed by atoms with Crippen LogP contribution >= 0.6 is 0 Å². The van der Waals surface area contributed by atoms with E-state index in [9.17, 15) is 19.8 Å². The largest absolute Gasteiger partial charge is 1.00 e. The summed E-state index contributed by atoms with van der Waals surface area (Å²) in [5.41, 5.74) is -1.79. The Labute approximate surface area is 170 Å². The summed E-state index contributed by atoms with van der Waals surface area (Å²) in [6, 6.07) is 0. The van der Waals surface area contributed by atoms with Crippen LogP contribution in [-0.4, -0.2) is 11.9 Å². The van der Waals surface area contributed by atoms with Crippen LogP contribution in [0, 0.1) is 5.41 Å². The fraction of sp³-hybridized carbons (Fsp3) is 0.846. The molecular formula is C13H22KLiO4. The van der Waals surface area contributed by atoms with E-state index in [1.807, 2.05) is 13.8 Å². The molecule has 0 bridgehead atoms. The van der Waals surface area contributed by atoms with Crippen molar-refractivity contribution in [2.75, 3.05) is 0 Å². The first-order valence-corrected chi connectivity index (χ1v) is 6.44. The van der Waals surface area contributed by atoms with E-state index in [0.717, 1.165) is 25.7 Å². The van der Waals surface area contributed by atoms with Crippen molar-refractivity contribution in [2.45, 2.75) is 65.2 Å². The summed E-state index contributed by atoms with van der Waals surface area (Å²) in [4.78, 5) is 22.2. The minimum Gasteiger partial charge on any atom is -0.549 e. The molecule has 100 valence electrons. The molecule has 0 aliphatic heterocycles. The number of carbonyl (C=O) groups is 2. The van der Waals surface area contributed by atoms with Crippen LogP contribution in [0.4, 0.5) is 0 Å². The molecule has 0 aromatic carbocycles. The molecular weight excluding hydrogens is 266 g/mol. The maximum atomic E-state index is 11.1. The van der Waals surface area contributed by atoms with Crippen LogP contribution < -0.4 is 80.5 Å². The smallest absolute Gasteiger partial charge is 0.549 e. The molecule has 0 saturated heterocycles. The molecule has 19 heavy (non-hydrogen) atoms. The Morgan fingerprint density at radius 3 is 1.37 bits per heavy atom. The second-order valence-electron chi connectivity index (χ2n) is 4.57. The van der Waals surface area contributed by atoms with Gasteiger partial charge in [0.25, 0.3) is 0 Å². The van der Waals surface area contributed by atoms with Gasteiger partial charge in [0.2, 0.25) is 0 Å². The van der Waals surface area contributed by atoms with Gasteiger partial charge < -0.3 is 19.8 Å². The van der Waals surface area contributed by atoms with Gasteiger partial charge in [0, 0.05) is 5.41 Å². The van der Waals surface area contributed by atoms with Gasteiger partial charge in [-0.2, -0.15) is 0 Å². The number of hydrogen-bond donors (Lipinski definition) is 0. The molecule has 0 rings (SSSR count). The molecule has 0 amide bonds. The summed E-state index contributed by atoms with van der Waals surface area (Å²) < 4.78 is 0. The fourth-order valence-corrected chi connectivity index (χ4v) is 1.97. The molecule has 0 aromatic heterocycles. The summed E-state index contributed by atoms with van der Waals surface area (Å²) in [5, 5.41) is 22.2. The van der Waals surface area contributed by atoms with Crippen LogP contribution in [0.15, 0.2) is 0 Å². The van der Waals surface area contributed by atoms with Gasteiger partial charge in [-0.25, -0.2) is 0 Å². The molecule has 0 fully saturated rings. The SMILES string of the molecule is CCCCCC(CCCCC)(C(=O)[O-])C(=O)[O-].[K+].[Li+]. The Balaban J connectivity index is -0.00000128. The third-order valence-corrected chi connectivity index (χ3v) is 3.20. The Morgan fingerprint density at radius 2 is 1.16 bits per heavy atom. The number of carboxylic acid groups (broad SMARTS) is 2. The van der Waals surface area contributed by atoms with E-state index in [-0.39, 0.29) is 83.1 Å². The van der Waals surface area contributed by atoms with E-state index >= 15 is 0 Å². The minimum atomic E-state index is -1.79. The van der Waals surface area contributed by atoms with Gasteiger partial charge in [-0.15, -0.1) is 0 Å². The van der Waals surface area contributed by atoms with E-state index in [1.165, 1.54) is 0 Å². The monoisotopic (exact) mass is 288 g/mol. The van der Waals surface area contributed by atoms with Crippen LogP contribution in [0.1, 0.15) is 65.2 Å². The summed E-state index contributed by atoms with van der Waals surface area (Å²) in [5.74, 6) is -2.99. The van der Waals surface area contributed by atoms with Gasteiger partial charge in [-0.05, 0) is 12.8 Å². The van der Waals surface area contributed by atoms with Gasteiger partial charge in [-0.3, -0.25) is 0 Å². The van der Waals surface area contributed by atoms with Crippen LogP contribution in [-0.2, 0) is 9.59 Å². The number of unbranched alkanes of at least 4 members (excludes halogenated alkanes) is 4. The van der Waals surface area contributed by atoms with Crippen molar-refractivity contribution in [3.8, 4) is 0 Å². The number of carboxylic acids is 2. The quantitative estimate of drug-likeness (QED) is 0.228. The molecule has 0 unspecified atom stereocenters. The van der Waals surface area contributed by atoms with Crippen molar-refractivity contribution in [2.24, 2.45) is 5.41 Å². The zero-order valence-electron chi connectivity index (χ0n) is 12.8. The molecule has 6 heteroatoms. The third kappa shape index (κ3) is 8.92. The summed E-state index contributed by atoms with van der Waals surface area (Å²) in [7, 11) is 0. The maximum absolute atomic E-state index is 11.1. The van der Waals surface area contributed by atoms with Crippen LogP contribution in [0.3, 0.4) is 0 Å². The summed E-state index contributed by atoms with van der Waals surface area (Å²) in [6.07, 6.45) is 4.92. The van der Waals surface area contributed by atoms with Gasteiger partial charge in [-0.1, -0.05) is 52.4 Å². The second-order valence-corrected chi connectivity index (χ2v) is 4.57. The molecule has 0 atom stereocenters. The normalized spacial score (nSPS) is 10.2. The van der Waals surface area contributed by atoms with Gasteiger partial charge in [0.1, 0.15) is 0 Å². The Kier molecular flexibility index (Phi) is 18.7. The van der Waals surface area contributed by atoms with Crippen molar-refractivity contribution < 1.29 is 90.0 Å². The molecule has 0 spiro atoms. The number of rotatable bonds is 10. The predicted molar refractivity (Wildman–Crippen MR) is 60.7 cm³/mol. The summed E-state index contributed by atoms with van der Waals surface area (Å²) in [6.45, 7) is 3.97. The molecule has 0 aliphatic carbocycles. The molecule has 4 nitrogen and oxygen atoms in total. The fourth-order valence-electron chi connectivity index (χ4n) is 1.97. The second kappa shape index (κ2) is 14.1. The zero-order chi connectivity index (χ0) is 13.3. The first kappa shape index (κ1) is 25.1. The van der Waals surface area contributed by atoms with Crippen LogP contribution in [0.25, 0.3) is 0 Å². The van der Waals surface area contributed by atoms with Gasteiger partial charge in [0.05, 0.1) is 11.9 Å². The first-order valence-electron chi connectivity index (χ1n) is 6.44. The Morgan fingerprint density at radius 1 is 0.842 bits per heavy atom. The van der Waals surface area contributed by atoms with E-state index in [4.69, 9.17) is 0 Å². The molecule has 0 saturated carbocycles. The number of carbonyl (C=O) groups excluding carboxylic acids is 2. The van der Waals surface area contributed by atoms with Crippen molar-refractivity contribution in [1.82, 2.24) is 0 Å². The molecule has 0 aliphatic rings. The molecule has 0 N–H and O–H groups in total. The van der Waals surface area contributed by atoms with Gasteiger partial charge in [0.15, 0.2) is 0 Å². The molecule has 0 aromatic rings. The van der Waals surface area contributed by atoms with Crippen molar-refractivity contribution in [3.05, 3.63) is 0 Å². The van der Waals surface area contributed by atoms with E-state index < -0.39 is 17.4 Å². The van der Waals surface area contributed by atoms with E-state index in [1.54, 1.807) is 0 Å². The molecule has 0 heterocycles. The Hall–Kier alpha value is 1.17. The van der Waals surface area contributed by atoms with Crippen LogP contribution in [0.5, 0.6) is 0 Å². The number of hydrogen-bond acceptors (Lipinski definition) is 4. The average Bonchev–Trinajstić information content (AvgIpc) is 2.26.